The largest absolute Gasteiger partial charge is 0.305 e. The van der Waals surface area contributed by atoms with Crippen LogP contribution in [0.4, 0.5) is 0 Å². The van der Waals surface area contributed by atoms with Crippen molar-refractivity contribution >= 4 is 10.9 Å². The fourth-order valence-corrected chi connectivity index (χ4v) is 2.31. The summed E-state index contributed by atoms with van der Waals surface area (Å²) >= 11 is 0. The second-order valence-corrected chi connectivity index (χ2v) is 4.85. The molecular weight excluding hydrogens is 246 g/mol. The van der Waals surface area contributed by atoms with Crippen molar-refractivity contribution in [1.29, 1.82) is 0 Å². The summed E-state index contributed by atoms with van der Waals surface area (Å²) in [6, 6.07) is 16.6. The fraction of sp³-hybridized carbons (Fsp3) is 0.176. The highest BCUT2D eigenvalue weighted by molar-refractivity contribution is 5.81. The Bertz CT molecular complexity index is 689. The number of nitrogens with zero attached hydrogens (tertiary/aromatic N) is 2. The molecule has 1 aromatic carbocycles. The number of aromatic nitrogens is 2. The summed E-state index contributed by atoms with van der Waals surface area (Å²) in [6.45, 7) is 2.91. The van der Waals surface area contributed by atoms with Gasteiger partial charge in [0.1, 0.15) is 0 Å². The van der Waals surface area contributed by atoms with Gasteiger partial charge in [-0.2, -0.15) is 0 Å². The van der Waals surface area contributed by atoms with Gasteiger partial charge in [-0.3, -0.25) is 9.97 Å². The molecular formula is C17H17N3. The highest BCUT2D eigenvalue weighted by Crippen LogP contribution is 2.17. The third kappa shape index (κ3) is 2.68. The van der Waals surface area contributed by atoms with Crippen molar-refractivity contribution in [2.75, 3.05) is 0 Å². The monoisotopic (exact) mass is 263 g/mol. The van der Waals surface area contributed by atoms with Gasteiger partial charge in [-0.1, -0.05) is 30.3 Å². The Kier molecular flexibility index (Phi) is 3.70. The first kappa shape index (κ1) is 12.8. The normalized spacial score (nSPS) is 12.4. The van der Waals surface area contributed by atoms with Crippen LogP contribution < -0.4 is 5.32 Å². The van der Waals surface area contributed by atoms with Gasteiger partial charge >= 0.3 is 0 Å². The van der Waals surface area contributed by atoms with Gasteiger partial charge in [-0.25, -0.2) is 0 Å². The van der Waals surface area contributed by atoms with Crippen LogP contribution in [0.2, 0.25) is 0 Å². The zero-order valence-electron chi connectivity index (χ0n) is 11.5. The van der Waals surface area contributed by atoms with Gasteiger partial charge < -0.3 is 5.32 Å². The Morgan fingerprint density at radius 2 is 1.80 bits per heavy atom. The topological polar surface area (TPSA) is 37.8 Å². The maximum absolute atomic E-state index is 4.48. The Hall–Kier alpha value is -2.26. The number of pyridine rings is 2. The molecule has 0 aliphatic carbocycles. The smallest absolute Gasteiger partial charge is 0.0746 e. The van der Waals surface area contributed by atoms with Crippen molar-refractivity contribution in [3.63, 3.8) is 0 Å². The Labute approximate surface area is 118 Å². The number of nitrogens with one attached hydrogen (secondary N) is 1. The van der Waals surface area contributed by atoms with E-state index in [1.165, 1.54) is 10.9 Å². The highest BCUT2D eigenvalue weighted by Gasteiger charge is 2.07. The van der Waals surface area contributed by atoms with E-state index in [9.17, 15) is 0 Å². The minimum atomic E-state index is 0.218. The van der Waals surface area contributed by atoms with Crippen molar-refractivity contribution in [2.24, 2.45) is 0 Å². The molecule has 0 radical (unpaired) electrons. The van der Waals surface area contributed by atoms with E-state index in [0.717, 1.165) is 17.8 Å². The molecule has 0 fully saturated rings. The molecule has 2 heterocycles. The minimum Gasteiger partial charge on any atom is -0.305 e. The van der Waals surface area contributed by atoms with Gasteiger partial charge in [0.05, 0.1) is 11.2 Å². The number of hydrogen-bond donors (Lipinski definition) is 1. The highest BCUT2D eigenvalue weighted by atomic mass is 14.9. The molecule has 0 bridgehead atoms. The molecule has 0 aliphatic rings. The first-order valence-corrected chi connectivity index (χ1v) is 6.81. The standard InChI is InChI=1S/C17H17N3/c1-13(16-9-2-3-10-18-16)20-12-15-7-4-6-14-8-5-11-19-17(14)15/h2-11,13,20H,12H2,1H3/t13-/m0/s1. The Balaban J connectivity index is 1.77. The molecule has 0 saturated carbocycles. The molecule has 0 saturated heterocycles. The summed E-state index contributed by atoms with van der Waals surface area (Å²) in [5.74, 6) is 0. The molecule has 3 nitrogen and oxygen atoms in total. The fourth-order valence-electron chi connectivity index (χ4n) is 2.31. The molecule has 1 atom stereocenters. The van der Waals surface area contributed by atoms with Crippen molar-refractivity contribution in [3.8, 4) is 0 Å². The van der Waals surface area contributed by atoms with Gasteiger partial charge in [0.2, 0.25) is 0 Å². The Morgan fingerprint density at radius 1 is 0.950 bits per heavy atom. The molecule has 3 aromatic rings. The summed E-state index contributed by atoms with van der Waals surface area (Å²) in [6.07, 6.45) is 3.67. The SMILES string of the molecule is C[C@H](NCc1cccc2cccnc12)c1ccccn1. The lowest BCUT2D eigenvalue weighted by molar-refractivity contribution is 0.563. The van der Waals surface area contributed by atoms with E-state index in [1.807, 2.05) is 36.7 Å². The molecule has 0 spiro atoms. The van der Waals surface area contributed by atoms with Gasteiger partial charge in [-0.05, 0) is 30.7 Å². The van der Waals surface area contributed by atoms with E-state index < -0.39 is 0 Å². The van der Waals surface area contributed by atoms with Crippen LogP contribution in [0.1, 0.15) is 24.2 Å². The third-order valence-electron chi connectivity index (χ3n) is 3.45. The van der Waals surface area contributed by atoms with Crippen LogP contribution in [0, 0.1) is 0 Å². The van der Waals surface area contributed by atoms with Gasteiger partial charge in [0.15, 0.2) is 0 Å². The van der Waals surface area contributed by atoms with E-state index in [0.29, 0.717) is 0 Å². The number of benzene rings is 1. The quantitative estimate of drug-likeness (QED) is 0.783. The van der Waals surface area contributed by atoms with Crippen LogP contribution in [0.5, 0.6) is 0 Å². The van der Waals surface area contributed by atoms with Crippen LogP contribution in [0.25, 0.3) is 10.9 Å². The molecule has 20 heavy (non-hydrogen) atoms. The van der Waals surface area contributed by atoms with Crippen molar-refractivity contribution in [2.45, 2.75) is 19.5 Å². The maximum Gasteiger partial charge on any atom is 0.0746 e. The van der Waals surface area contributed by atoms with Crippen LogP contribution in [-0.2, 0) is 6.54 Å². The number of para-hydroxylation sites is 1. The zero-order chi connectivity index (χ0) is 13.8. The van der Waals surface area contributed by atoms with E-state index in [-0.39, 0.29) is 6.04 Å². The first-order valence-electron chi connectivity index (χ1n) is 6.81. The van der Waals surface area contributed by atoms with Crippen LogP contribution in [0.15, 0.2) is 60.9 Å². The molecule has 3 heteroatoms. The van der Waals surface area contributed by atoms with Gasteiger partial charge in [0, 0.05) is 30.4 Å². The van der Waals surface area contributed by atoms with Crippen LogP contribution in [-0.4, -0.2) is 9.97 Å². The summed E-state index contributed by atoms with van der Waals surface area (Å²) < 4.78 is 0. The molecule has 0 amide bonds. The van der Waals surface area contributed by atoms with Gasteiger partial charge in [0.25, 0.3) is 0 Å². The molecule has 1 N–H and O–H groups in total. The number of fused-ring (bicyclic) bond motifs is 1. The van der Waals surface area contributed by atoms with E-state index in [1.54, 1.807) is 0 Å². The summed E-state index contributed by atoms with van der Waals surface area (Å²) in [7, 11) is 0. The van der Waals surface area contributed by atoms with Gasteiger partial charge in [-0.15, -0.1) is 0 Å². The van der Waals surface area contributed by atoms with Crippen molar-refractivity contribution in [3.05, 3.63) is 72.2 Å². The lowest BCUT2D eigenvalue weighted by Gasteiger charge is -2.14. The van der Waals surface area contributed by atoms with E-state index in [2.05, 4.69) is 46.5 Å². The van der Waals surface area contributed by atoms with Crippen molar-refractivity contribution < 1.29 is 0 Å². The molecule has 3 rings (SSSR count). The minimum absolute atomic E-state index is 0.218. The summed E-state index contributed by atoms with van der Waals surface area (Å²) in [5, 5.41) is 4.68. The molecule has 100 valence electrons. The lowest BCUT2D eigenvalue weighted by Crippen LogP contribution is -2.19. The van der Waals surface area contributed by atoms with E-state index in [4.69, 9.17) is 0 Å². The van der Waals surface area contributed by atoms with Crippen molar-refractivity contribution in [1.82, 2.24) is 15.3 Å². The lowest BCUT2D eigenvalue weighted by atomic mass is 10.1. The maximum atomic E-state index is 4.48. The predicted octanol–water partition coefficient (Wildman–Crippen LogP) is 3.48. The second kappa shape index (κ2) is 5.80. The zero-order valence-corrected chi connectivity index (χ0v) is 11.5. The Morgan fingerprint density at radius 3 is 2.65 bits per heavy atom. The average Bonchev–Trinajstić information content (AvgIpc) is 2.53. The predicted molar refractivity (Wildman–Crippen MR) is 81.2 cm³/mol. The molecule has 0 aliphatic heterocycles. The summed E-state index contributed by atoms with van der Waals surface area (Å²) in [5.41, 5.74) is 3.34. The van der Waals surface area contributed by atoms with Crippen LogP contribution in [0.3, 0.4) is 0 Å². The summed E-state index contributed by atoms with van der Waals surface area (Å²) in [4.78, 5) is 8.85. The van der Waals surface area contributed by atoms with Crippen LogP contribution >= 0.6 is 0 Å². The second-order valence-electron chi connectivity index (χ2n) is 4.85. The number of rotatable bonds is 4. The average molecular weight is 263 g/mol. The number of hydrogen-bond acceptors (Lipinski definition) is 3. The molecule has 2 aromatic heterocycles. The molecule has 0 unspecified atom stereocenters. The van der Waals surface area contributed by atoms with E-state index >= 15 is 0 Å². The first-order chi connectivity index (χ1) is 9.84. The third-order valence-corrected chi connectivity index (χ3v) is 3.45.